The number of sulfone groups is 1. The summed E-state index contributed by atoms with van der Waals surface area (Å²) in [5.41, 5.74) is 3.81. The number of amides is 2. The van der Waals surface area contributed by atoms with Crippen LogP contribution in [0.2, 0.25) is 0 Å². The van der Waals surface area contributed by atoms with Crippen LogP contribution in [0.15, 0.2) is 47.5 Å². The molecule has 1 aliphatic rings. The Labute approximate surface area is 184 Å². The molecule has 0 atom stereocenters. The second-order valence-corrected chi connectivity index (χ2v) is 10.6. The van der Waals surface area contributed by atoms with Gasteiger partial charge in [0.1, 0.15) is 11.5 Å². The maximum absolute atomic E-state index is 12.6. The van der Waals surface area contributed by atoms with Crippen LogP contribution in [0.25, 0.3) is 10.2 Å². The second-order valence-electron chi connectivity index (χ2n) is 7.56. The molecule has 9 heteroatoms. The van der Waals surface area contributed by atoms with Gasteiger partial charge in [-0.3, -0.25) is 9.59 Å². The molecule has 7 nitrogen and oxygen atoms in total. The predicted molar refractivity (Wildman–Crippen MR) is 122 cm³/mol. The summed E-state index contributed by atoms with van der Waals surface area (Å²) in [6.45, 7) is 4.98. The van der Waals surface area contributed by atoms with Gasteiger partial charge in [-0.1, -0.05) is 35.6 Å². The van der Waals surface area contributed by atoms with Crippen molar-refractivity contribution in [1.29, 1.82) is 0 Å². The highest BCUT2D eigenvalue weighted by Gasteiger charge is 2.29. The van der Waals surface area contributed by atoms with Crippen molar-refractivity contribution in [2.45, 2.75) is 26.8 Å². The number of hydrogen-bond acceptors (Lipinski definition) is 5. The van der Waals surface area contributed by atoms with E-state index in [1.165, 1.54) is 16.2 Å². The lowest BCUT2D eigenvalue weighted by Gasteiger charge is -2.17. The minimum atomic E-state index is -3.94. The lowest BCUT2D eigenvalue weighted by molar-refractivity contribution is -0.116. The molecule has 162 valence electrons. The second kappa shape index (κ2) is 8.39. The van der Waals surface area contributed by atoms with Gasteiger partial charge in [0.15, 0.2) is 14.6 Å². The molecule has 0 aliphatic carbocycles. The summed E-state index contributed by atoms with van der Waals surface area (Å²) in [5, 5.41) is 0. The van der Waals surface area contributed by atoms with Crippen molar-refractivity contribution in [3.05, 3.63) is 58.4 Å². The van der Waals surface area contributed by atoms with E-state index >= 15 is 0 Å². The molecule has 2 aromatic carbocycles. The molecule has 1 aromatic heterocycles. The van der Waals surface area contributed by atoms with Gasteiger partial charge in [-0.05, 0) is 49.6 Å². The Hall–Kier alpha value is -2.78. The van der Waals surface area contributed by atoms with Crippen LogP contribution in [0.5, 0.6) is 0 Å². The highest BCUT2D eigenvalue weighted by molar-refractivity contribution is 7.92. The predicted octanol–water partition coefficient (Wildman–Crippen LogP) is 2.46. The van der Waals surface area contributed by atoms with E-state index in [2.05, 4.69) is 4.99 Å². The molecule has 0 unspecified atom stereocenters. The number of aryl methyl sites for hydroxylation is 2. The molecule has 3 aromatic rings. The molecular formula is C22H23N3O4S2. The van der Waals surface area contributed by atoms with Gasteiger partial charge in [-0.15, -0.1) is 0 Å². The Morgan fingerprint density at radius 2 is 1.90 bits per heavy atom. The summed E-state index contributed by atoms with van der Waals surface area (Å²) in [5.74, 6) is -2.77. The van der Waals surface area contributed by atoms with E-state index in [0.29, 0.717) is 24.3 Å². The Bertz CT molecular complexity index is 1350. The number of rotatable bonds is 5. The van der Waals surface area contributed by atoms with Crippen LogP contribution in [-0.4, -0.2) is 42.8 Å². The number of hydrogen-bond donors (Lipinski definition) is 0. The molecule has 0 fully saturated rings. The number of anilines is 1. The fourth-order valence-electron chi connectivity index (χ4n) is 3.81. The highest BCUT2D eigenvalue weighted by atomic mass is 32.2. The molecule has 2 amide bonds. The van der Waals surface area contributed by atoms with E-state index in [9.17, 15) is 18.0 Å². The lowest BCUT2D eigenvalue weighted by Crippen LogP contribution is -2.36. The third-order valence-corrected chi connectivity index (χ3v) is 7.66. The zero-order valence-electron chi connectivity index (χ0n) is 17.4. The van der Waals surface area contributed by atoms with Gasteiger partial charge in [0.2, 0.25) is 5.91 Å². The molecule has 0 N–H and O–H groups in total. The molecule has 0 saturated carbocycles. The van der Waals surface area contributed by atoms with Crippen molar-refractivity contribution in [2.24, 2.45) is 4.99 Å². The van der Waals surface area contributed by atoms with Crippen LogP contribution in [-0.2, 0) is 32.4 Å². The normalized spacial score (nSPS) is 14.3. The summed E-state index contributed by atoms with van der Waals surface area (Å²) in [6.07, 6.45) is 0.693. The minimum Gasteiger partial charge on any atom is -0.317 e. The largest absolute Gasteiger partial charge is 0.317 e. The number of fused-ring (bicyclic) bond motifs is 2. The molecule has 0 saturated heterocycles. The summed E-state index contributed by atoms with van der Waals surface area (Å²) in [7, 11) is -3.94. The lowest BCUT2D eigenvalue weighted by atomic mass is 10.2. The fourth-order valence-corrected chi connectivity index (χ4v) is 6.10. The van der Waals surface area contributed by atoms with Gasteiger partial charge in [0.25, 0.3) is 5.91 Å². The van der Waals surface area contributed by atoms with E-state index in [-0.39, 0.29) is 0 Å². The zero-order valence-corrected chi connectivity index (χ0v) is 19.0. The fraction of sp³-hybridized carbons (Fsp3) is 0.318. The Morgan fingerprint density at radius 1 is 1.13 bits per heavy atom. The van der Waals surface area contributed by atoms with Crippen molar-refractivity contribution in [3.8, 4) is 0 Å². The van der Waals surface area contributed by atoms with Crippen molar-refractivity contribution in [1.82, 2.24) is 4.57 Å². The number of benzene rings is 2. The van der Waals surface area contributed by atoms with Crippen LogP contribution >= 0.6 is 11.3 Å². The number of nitrogens with zero attached hydrogens (tertiary/aromatic N) is 3. The van der Waals surface area contributed by atoms with E-state index in [1.54, 1.807) is 6.07 Å². The quantitative estimate of drug-likeness (QED) is 0.589. The van der Waals surface area contributed by atoms with Gasteiger partial charge in [-0.2, -0.15) is 4.99 Å². The number of aromatic nitrogens is 1. The summed E-state index contributed by atoms with van der Waals surface area (Å²) in [6, 6.07) is 13.4. The first-order valence-corrected chi connectivity index (χ1v) is 12.7. The Kier molecular flexibility index (Phi) is 5.81. The van der Waals surface area contributed by atoms with E-state index in [1.807, 2.05) is 54.8 Å². The molecule has 31 heavy (non-hydrogen) atoms. The number of thiazole rings is 1. The molecule has 2 heterocycles. The smallest absolute Gasteiger partial charge is 0.263 e. The van der Waals surface area contributed by atoms with Gasteiger partial charge < -0.3 is 9.47 Å². The standard InChI is InChI=1S/C22H23N3O4S2/c1-3-24-18-9-8-15(2)12-19(18)30-22(24)23-20(26)13-31(28,29)14-21(27)25-11-10-16-6-4-5-7-17(16)25/h4-9,12H,3,10-11,13-14H2,1-2H3. The highest BCUT2D eigenvalue weighted by Crippen LogP contribution is 2.27. The summed E-state index contributed by atoms with van der Waals surface area (Å²) < 4.78 is 28.0. The van der Waals surface area contributed by atoms with Gasteiger partial charge in [0, 0.05) is 18.8 Å². The van der Waals surface area contributed by atoms with Crippen LogP contribution in [0.3, 0.4) is 0 Å². The average molecular weight is 458 g/mol. The SMILES string of the molecule is CCn1c(=NC(=O)CS(=O)(=O)CC(=O)N2CCc3ccccc32)sc2cc(C)ccc21. The molecule has 0 bridgehead atoms. The number of carbonyl (C=O) groups excluding carboxylic acids is 2. The zero-order chi connectivity index (χ0) is 22.2. The monoisotopic (exact) mass is 457 g/mol. The molecule has 1 aliphatic heterocycles. The summed E-state index contributed by atoms with van der Waals surface area (Å²) in [4.78, 5) is 31.1. The van der Waals surface area contributed by atoms with Crippen LogP contribution in [0, 0.1) is 6.92 Å². The van der Waals surface area contributed by atoms with Gasteiger partial charge in [0.05, 0.1) is 10.2 Å². The summed E-state index contributed by atoms with van der Waals surface area (Å²) >= 11 is 1.35. The topological polar surface area (TPSA) is 88.8 Å². The number of carbonyl (C=O) groups is 2. The minimum absolute atomic E-state index is 0.448. The molecule has 0 spiro atoms. The third kappa shape index (κ3) is 4.47. The third-order valence-electron chi connectivity index (χ3n) is 5.25. The van der Waals surface area contributed by atoms with Gasteiger partial charge in [-0.25, -0.2) is 8.42 Å². The van der Waals surface area contributed by atoms with Crippen molar-refractivity contribution >= 4 is 48.9 Å². The van der Waals surface area contributed by atoms with Crippen molar-refractivity contribution in [3.63, 3.8) is 0 Å². The van der Waals surface area contributed by atoms with Crippen LogP contribution < -0.4 is 9.70 Å². The average Bonchev–Trinajstić information content (AvgIpc) is 3.27. The van der Waals surface area contributed by atoms with Crippen LogP contribution in [0.1, 0.15) is 18.1 Å². The first-order valence-electron chi connectivity index (χ1n) is 10.0. The van der Waals surface area contributed by atoms with Crippen LogP contribution in [0.4, 0.5) is 5.69 Å². The maximum atomic E-state index is 12.6. The molecular weight excluding hydrogens is 434 g/mol. The number of para-hydroxylation sites is 1. The molecule has 0 radical (unpaired) electrons. The van der Waals surface area contributed by atoms with E-state index < -0.39 is 33.2 Å². The van der Waals surface area contributed by atoms with E-state index in [4.69, 9.17) is 0 Å². The Morgan fingerprint density at radius 3 is 2.68 bits per heavy atom. The van der Waals surface area contributed by atoms with Gasteiger partial charge >= 0.3 is 0 Å². The first-order chi connectivity index (χ1) is 14.8. The first kappa shape index (κ1) is 21.5. The van der Waals surface area contributed by atoms with Crippen molar-refractivity contribution in [2.75, 3.05) is 23.0 Å². The van der Waals surface area contributed by atoms with E-state index in [0.717, 1.165) is 27.0 Å². The maximum Gasteiger partial charge on any atom is 0.263 e. The van der Waals surface area contributed by atoms with Crippen molar-refractivity contribution < 1.29 is 18.0 Å². The Balaban J connectivity index is 1.52. The molecule has 4 rings (SSSR count).